The van der Waals surface area contributed by atoms with Gasteiger partial charge in [-0.15, -0.1) is 12.4 Å². The predicted octanol–water partition coefficient (Wildman–Crippen LogP) is 3.38. The number of carbonyl (C=O) groups is 1. The van der Waals surface area contributed by atoms with Crippen LogP contribution in [0.3, 0.4) is 0 Å². The van der Waals surface area contributed by atoms with Gasteiger partial charge >= 0.3 is 0 Å². The number of hydrogen-bond acceptors (Lipinski definition) is 2. The highest BCUT2D eigenvalue weighted by atomic mass is 35.5. The van der Waals surface area contributed by atoms with Gasteiger partial charge in [0.05, 0.1) is 6.04 Å². The molecule has 3 nitrogen and oxygen atoms in total. The average Bonchev–Trinajstić information content (AvgIpc) is 2.99. The molecule has 3 rings (SSSR count). The van der Waals surface area contributed by atoms with Gasteiger partial charge in [-0.05, 0) is 48.8 Å². The fourth-order valence-electron chi connectivity index (χ4n) is 3.57. The summed E-state index contributed by atoms with van der Waals surface area (Å²) in [4.78, 5) is 12.2. The van der Waals surface area contributed by atoms with Crippen LogP contribution in [0.1, 0.15) is 49.3 Å². The maximum atomic E-state index is 12.2. The van der Waals surface area contributed by atoms with Gasteiger partial charge in [-0.3, -0.25) is 4.79 Å². The van der Waals surface area contributed by atoms with Crippen molar-refractivity contribution in [1.82, 2.24) is 5.32 Å². The van der Waals surface area contributed by atoms with Gasteiger partial charge in [0.1, 0.15) is 0 Å². The first-order valence-electron chi connectivity index (χ1n) is 7.47. The maximum Gasteiger partial charge on any atom is 0.220 e. The zero-order valence-electron chi connectivity index (χ0n) is 12.0. The molecule has 0 bridgehead atoms. The Kier molecular flexibility index (Phi) is 5.53. The quantitative estimate of drug-likeness (QED) is 0.893. The lowest BCUT2D eigenvalue weighted by Crippen LogP contribution is -2.33. The topological polar surface area (TPSA) is 55.1 Å². The first kappa shape index (κ1) is 16.6. The molecule has 5 heteroatoms. The fraction of sp³-hybridized carbons (Fsp3) is 0.562. The van der Waals surface area contributed by atoms with Crippen LogP contribution in [0, 0.1) is 5.92 Å². The van der Waals surface area contributed by atoms with E-state index in [4.69, 9.17) is 17.3 Å². The van der Waals surface area contributed by atoms with Crippen molar-refractivity contribution in [2.45, 2.75) is 50.6 Å². The number of nitrogens with one attached hydrogen (secondary N) is 1. The molecule has 3 N–H and O–H groups in total. The number of halogens is 2. The average molecular weight is 329 g/mol. The molecule has 1 unspecified atom stereocenters. The van der Waals surface area contributed by atoms with Crippen molar-refractivity contribution >= 4 is 29.9 Å². The van der Waals surface area contributed by atoms with E-state index in [9.17, 15) is 4.79 Å². The molecule has 2 aliphatic rings. The minimum absolute atomic E-state index is 0. The molecule has 0 aromatic heterocycles. The summed E-state index contributed by atoms with van der Waals surface area (Å²) >= 11 is 6.20. The molecule has 0 spiro atoms. The molecule has 0 radical (unpaired) electrons. The number of benzene rings is 1. The van der Waals surface area contributed by atoms with Crippen molar-refractivity contribution in [2.24, 2.45) is 11.7 Å². The van der Waals surface area contributed by atoms with Crippen LogP contribution in [0.4, 0.5) is 0 Å². The molecule has 0 saturated heterocycles. The summed E-state index contributed by atoms with van der Waals surface area (Å²) in [5.74, 6) is 0.486. The second-order valence-electron chi connectivity index (χ2n) is 6.03. The second kappa shape index (κ2) is 6.99. The van der Waals surface area contributed by atoms with Crippen molar-refractivity contribution in [3.8, 4) is 0 Å². The highest BCUT2D eigenvalue weighted by Gasteiger charge is 2.29. The number of hydrogen-bond donors (Lipinski definition) is 2. The van der Waals surface area contributed by atoms with Gasteiger partial charge in [0, 0.05) is 17.5 Å². The summed E-state index contributed by atoms with van der Waals surface area (Å²) < 4.78 is 0. The second-order valence-corrected chi connectivity index (χ2v) is 6.43. The standard InChI is InChI=1S/C16H21ClN2O.ClH/c17-13-5-2-4-12-11(13)7-8-15(12)19-16(20)9-10-3-1-6-14(10)18;/h2,4-5,10,14-15H,1,3,6-9,18H2,(H,19,20);1H/t10-,14+,15?;/m0./s1. The minimum Gasteiger partial charge on any atom is -0.349 e. The Morgan fingerprint density at radius 3 is 2.86 bits per heavy atom. The third-order valence-electron chi connectivity index (χ3n) is 4.71. The third-order valence-corrected chi connectivity index (χ3v) is 5.07. The Labute approximate surface area is 137 Å². The smallest absolute Gasteiger partial charge is 0.220 e. The molecule has 1 saturated carbocycles. The van der Waals surface area contributed by atoms with Crippen LogP contribution in [0.15, 0.2) is 18.2 Å². The van der Waals surface area contributed by atoms with Gasteiger partial charge in [0.2, 0.25) is 5.91 Å². The molecule has 21 heavy (non-hydrogen) atoms. The zero-order valence-corrected chi connectivity index (χ0v) is 13.6. The van der Waals surface area contributed by atoms with Gasteiger partial charge in [-0.1, -0.05) is 30.2 Å². The summed E-state index contributed by atoms with van der Waals surface area (Å²) in [6.45, 7) is 0. The summed E-state index contributed by atoms with van der Waals surface area (Å²) in [5, 5.41) is 3.97. The molecule has 0 aliphatic heterocycles. The Balaban J connectivity index is 0.00000161. The molecule has 3 atom stereocenters. The van der Waals surface area contributed by atoms with E-state index < -0.39 is 0 Å². The number of amides is 1. The summed E-state index contributed by atoms with van der Waals surface area (Å²) in [5.41, 5.74) is 8.41. The van der Waals surface area contributed by atoms with Crippen LogP contribution in [-0.2, 0) is 11.2 Å². The summed E-state index contributed by atoms with van der Waals surface area (Å²) in [6, 6.07) is 6.26. The Morgan fingerprint density at radius 1 is 1.33 bits per heavy atom. The zero-order chi connectivity index (χ0) is 14.1. The SMILES string of the molecule is Cl.N[C@@H]1CCC[C@H]1CC(=O)NC1CCc2c(Cl)cccc21. The van der Waals surface area contributed by atoms with Crippen LogP contribution < -0.4 is 11.1 Å². The Bertz CT molecular complexity index is 521. The largest absolute Gasteiger partial charge is 0.349 e. The lowest BCUT2D eigenvalue weighted by Gasteiger charge is -2.18. The highest BCUT2D eigenvalue weighted by molar-refractivity contribution is 6.31. The molecular weight excluding hydrogens is 307 g/mol. The Hall–Kier alpha value is -0.770. The van der Waals surface area contributed by atoms with Crippen LogP contribution in [0.25, 0.3) is 0 Å². The van der Waals surface area contributed by atoms with Gasteiger partial charge in [0.15, 0.2) is 0 Å². The molecule has 1 aromatic carbocycles. The molecular formula is C16H22Cl2N2O. The summed E-state index contributed by atoms with van der Waals surface area (Å²) in [6.07, 6.45) is 5.75. The normalized spacial score (nSPS) is 27.0. The van der Waals surface area contributed by atoms with E-state index >= 15 is 0 Å². The third kappa shape index (κ3) is 3.53. The number of rotatable bonds is 3. The number of fused-ring (bicyclic) bond motifs is 1. The van der Waals surface area contributed by atoms with Gasteiger partial charge in [-0.2, -0.15) is 0 Å². The molecule has 116 valence electrons. The number of nitrogens with two attached hydrogens (primary N) is 1. The van der Waals surface area contributed by atoms with E-state index in [0.717, 1.165) is 37.1 Å². The Morgan fingerprint density at radius 2 is 2.14 bits per heavy atom. The van der Waals surface area contributed by atoms with E-state index in [1.54, 1.807) is 0 Å². The molecule has 1 aromatic rings. The number of carbonyl (C=O) groups excluding carboxylic acids is 1. The van der Waals surface area contributed by atoms with Crippen LogP contribution in [0.5, 0.6) is 0 Å². The van der Waals surface area contributed by atoms with Crippen molar-refractivity contribution in [3.05, 3.63) is 34.3 Å². The maximum absolute atomic E-state index is 12.2. The molecule has 1 fully saturated rings. The summed E-state index contributed by atoms with van der Waals surface area (Å²) in [7, 11) is 0. The first-order chi connectivity index (χ1) is 9.65. The van der Waals surface area contributed by atoms with Crippen LogP contribution >= 0.6 is 24.0 Å². The first-order valence-corrected chi connectivity index (χ1v) is 7.85. The van der Waals surface area contributed by atoms with Crippen LogP contribution in [-0.4, -0.2) is 11.9 Å². The van der Waals surface area contributed by atoms with E-state index in [-0.39, 0.29) is 30.4 Å². The monoisotopic (exact) mass is 328 g/mol. The van der Waals surface area contributed by atoms with Crippen molar-refractivity contribution in [1.29, 1.82) is 0 Å². The van der Waals surface area contributed by atoms with E-state index in [0.29, 0.717) is 12.3 Å². The molecule has 1 amide bonds. The predicted molar refractivity (Wildman–Crippen MR) is 87.8 cm³/mol. The minimum atomic E-state index is 0. The van der Waals surface area contributed by atoms with Crippen molar-refractivity contribution in [2.75, 3.05) is 0 Å². The highest BCUT2D eigenvalue weighted by Crippen LogP contribution is 2.35. The van der Waals surface area contributed by atoms with Gasteiger partial charge in [0.25, 0.3) is 0 Å². The van der Waals surface area contributed by atoms with E-state index in [2.05, 4.69) is 11.4 Å². The van der Waals surface area contributed by atoms with Crippen LogP contribution in [0.2, 0.25) is 5.02 Å². The lowest BCUT2D eigenvalue weighted by molar-refractivity contribution is -0.122. The van der Waals surface area contributed by atoms with Gasteiger partial charge in [-0.25, -0.2) is 0 Å². The van der Waals surface area contributed by atoms with Crippen molar-refractivity contribution < 1.29 is 4.79 Å². The van der Waals surface area contributed by atoms with Gasteiger partial charge < -0.3 is 11.1 Å². The lowest BCUT2D eigenvalue weighted by atomic mass is 9.99. The van der Waals surface area contributed by atoms with E-state index in [1.165, 1.54) is 11.1 Å². The van der Waals surface area contributed by atoms with E-state index in [1.807, 2.05) is 12.1 Å². The molecule has 0 heterocycles. The van der Waals surface area contributed by atoms with Crippen molar-refractivity contribution in [3.63, 3.8) is 0 Å². The fourth-order valence-corrected chi connectivity index (χ4v) is 3.85. The molecule has 2 aliphatic carbocycles.